The summed E-state index contributed by atoms with van der Waals surface area (Å²) in [6, 6.07) is 16.1. The Kier molecular flexibility index (Phi) is 6.90. The molecule has 3 aromatic carbocycles. The Morgan fingerprint density at radius 3 is 2.29 bits per heavy atom. The summed E-state index contributed by atoms with van der Waals surface area (Å²) >= 11 is 12.4. The van der Waals surface area contributed by atoms with Gasteiger partial charge in [-0.25, -0.2) is 4.68 Å². The standard InChI is InChI=1S/C24H20Cl2N6O2/c1-14-4-3-5-15(2)21(14)28-24(34)22(19-11-8-17(25)12-20(19)26)29-23(33)16-6-9-18(10-7-16)32-13-27-30-31-32/h3-13,22H,1-2H3,(H,28,34)(H,29,33)/t22-/m0/s1. The van der Waals surface area contributed by atoms with Crippen molar-refractivity contribution in [1.82, 2.24) is 25.5 Å². The minimum absolute atomic E-state index is 0.267. The lowest BCUT2D eigenvalue weighted by atomic mass is 10.0. The van der Waals surface area contributed by atoms with Gasteiger partial charge in [-0.05, 0) is 71.8 Å². The Balaban J connectivity index is 1.62. The minimum atomic E-state index is -1.06. The van der Waals surface area contributed by atoms with E-state index in [1.807, 2.05) is 32.0 Å². The molecule has 10 heteroatoms. The van der Waals surface area contributed by atoms with Gasteiger partial charge in [0.2, 0.25) is 0 Å². The average molecular weight is 495 g/mol. The number of nitrogens with zero attached hydrogens (tertiary/aromatic N) is 4. The molecule has 172 valence electrons. The zero-order valence-electron chi connectivity index (χ0n) is 18.3. The highest BCUT2D eigenvalue weighted by Crippen LogP contribution is 2.29. The first-order valence-electron chi connectivity index (χ1n) is 10.3. The molecule has 1 heterocycles. The van der Waals surface area contributed by atoms with Crippen LogP contribution < -0.4 is 10.6 Å². The molecular weight excluding hydrogens is 475 g/mol. The molecule has 0 aliphatic carbocycles. The fraction of sp³-hybridized carbons (Fsp3) is 0.125. The SMILES string of the molecule is Cc1cccc(C)c1NC(=O)[C@@H](NC(=O)c1ccc(-n2cnnn2)cc1)c1ccc(Cl)cc1Cl. The fourth-order valence-corrected chi connectivity index (χ4v) is 4.00. The molecule has 2 N–H and O–H groups in total. The monoisotopic (exact) mass is 494 g/mol. The number of aryl methyl sites for hydroxylation is 2. The molecule has 34 heavy (non-hydrogen) atoms. The topological polar surface area (TPSA) is 102 Å². The van der Waals surface area contributed by atoms with Gasteiger partial charge in [0.05, 0.1) is 5.69 Å². The van der Waals surface area contributed by atoms with Crippen molar-refractivity contribution in [2.24, 2.45) is 0 Å². The van der Waals surface area contributed by atoms with Gasteiger partial charge >= 0.3 is 0 Å². The lowest BCUT2D eigenvalue weighted by molar-refractivity contribution is -0.118. The Labute approximate surface area is 205 Å². The number of para-hydroxylation sites is 1. The zero-order valence-corrected chi connectivity index (χ0v) is 19.8. The minimum Gasteiger partial charge on any atom is -0.336 e. The number of rotatable bonds is 6. The molecule has 0 saturated carbocycles. The Hall–Kier alpha value is -3.75. The van der Waals surface area contributed by atoms with Gasteiger partial charge in [-0.3, -0.25) is 9.59 Å². The van der Waals surface area contributed by atoms with Crippen molar-refractivity contribution in [1.29, 1.82) is 0 Å². The predicted octanol–water partition coefficient (Wildman–Crippen LogP) is 4.70. The van der Waals surface area contributed by atoms with Gasteiger partial charge in [0, 0.05) is 26.9 Å². The number of benzene rings is 3. The van der Waals surface area contributed by atoms with Crippen LogP contribution in [-0.4, -0.2) is 32.0 Å². The Morgan fingerprint density at radius 2 is 1.68 bits per heavy atom. The van der Waals surface area contributed by atoms with Crippen LogP contribution in [0, 0.1) is 13.8 Å². The summed E-state index contributed by atoms with van der Waals surface area (Å²) in [6.07, 6.45) is 1.45. The van der Waals surface area contributed by atoms with Crippen LogP contribution in [0.4, 0.5) is 5.69 Å². The molecule has 4 aromatic rings. The summed E-state index contributed by atoms with van der Waals surface area (Å²) in [5.74, 6) is -0.878. The normalized spacial score (nSPS) is 11.6. The summed E-state index contributed by atoms with van der Waals surface area (Å²) in [7, 11) is 0. The summed E-state index contributed by atoms with van der Waals surface area (Å²) in [5.41, 5.74) is 3.95. The number of halogens is 2. The van der Waals surface area contributed by atoms with Crippen molar-refractivity contribution in [2.75, 3.05) is 5.32 Å². The highest BCUT2D eigenvalue weighted by molar-refractivity contribution is 6.35. The van der Waals surface area contributed by atoms with E-state index in [1.165, 1.54) is 17.1 Å². The Morgan fingerprint density at radius 1 is 0.971 bits per heavy atom. The van der Waals surface area contributed by atoms with Crippen LogP contribution in [0.15, 0.2) is 67.0 Å². The van der Waals surface area contributed by atoms with E-state index >= 15 is 0 Å². The maximum absolute atomic E-state index is 13.4. The molecule has 1 aromatic heterocycles. The number of tetrazole rings is 1. The molecule has 0 radical (unpaired) electrons. The third kappa shape index (κ3) is 5.08. The average Bonchev–Trinajstić information content (AvgIpc) is 3.35. The number of hydrogen-bond acceptors (Lipinski definition) is 5. The number of carbonyl (C=O) groups excluding carboxylic acids is 2. The molecule has 0 fully saturated rings. The van der Waals surface area contributed by atoms with Gasteiger partial charge in [0.1, 0.15) is 12.4 Å². The molecule has 8 nitrogen and oxygen atoms in total. The van der Waals surface area contributed by atoms with Crippen LogP contribution in [-0.2, 0) is 4.79 Å². The number of carbonyl (C=O) groups is 2. The van der Waals surface area contributed by atoms with Crippen LogP contribution in [0.1, 0.15) is 33.1 Å². The molecule has 0 bridgehead atoms. The molecule has 0 spiro atoms. The number of hydrogen-bond donors (Lipinski definition) is 2. The van der Waals surface area contributed by atoms with Crippen LogP contribution in [0.3, 0.4) is 0 Å². The highest BCUT2D eigenvalue weighted by atomic mass is 35.5. The van der Waals surface area contributed by atoms with Crippen molar-refractivity contribution in [3.05, 3.63) is 99.3 Å². The van der Waals surface area contributed by atoms with Crippen LogP contribution in [0.25, 0.3) is 5.69 Å². The van der Waals surface area contributed by atoms with E-state index in [1.54, 1.807) is 36.4 Å². The summed E-state index contributed by atoms with van der Waals surface area (Å²) in [6.45, 7) is 3.80. The van der Waals surface area contributed by atoms with Crippen LogP contribution in [0.5, 0.6) is 0 Å². The van der Waals surface area contributed by atoms with Gasteiger partial charge in [0.25, 0.3) is 11.8 Å². The molecule has 0 aliphatic heterocycles. The van der Waals surface area contributed by atoms with Crippen LogP contribution in [0.2, 0.25) is 10.0 Å². The molecule has 1 atom stereocenters. The number of amides is 2. The highest BCUT2D eigenvalue weighted by Gasteiger charge is 2.26. The molecule has 4 rings (SSSR count). The summed E-state index contributed by atoms with van der Waals surface area (Å²) < 4.78 is 1.47. The maximum Gasteiger partial charge on any atom is 0.252 e. The van der Waals surface area contributed by atoms with Crippen LogP contribution >= 0.6 is 23.2 Å². The number of aromatic nitrogens is 4. The van der Waals surface area contributed by atoms with Crippen molar-refractivity contribution in [2.45, 2.75) is 19.9 Å². The van der Waals surface area contributed by atoms with Crippen molar-refractivity contribution in [3.63, 3.8) is 0 Å². The van der Waals surface area contributed by atoms with E-state index in [0.29, 0.717) is 27.5 Å². The first-order chi connectivity index (χ1) is 16.3. The summed E-state index contributed by atoms with van der Waals surface area (Å²) in [5, 5.41) is 17.4. The van der Waals surface area contributed by atoms with E-state index in [-0.39, 0.29) is 5.02 Å². The number of nitrogens with one attached hydrogen (secondary N) is 2. The molecule has 2 amide bonds. The maximum atomic E-state index is 13.4. The van der Waals surface area contributed by atoms with Crippen molar-refractivity contribution >= 4 is 40.7 Å². The molecule has 0 unspecified atom stereocenters. The van der Waals surface area contributed by atoms with Gasteiger partial charge in [0.15, 0.2) is 0 Å². The summed E-state index contributed by atoms with van der Waals surface area (Å²) in [4.78, 5) is 26.5. The van der Waals surface area contributed by atoms with Gasteiger partial charge < -0.3 is 10.6 Å². The van der Waals surface area contributed by atoms with E-state index in [2.05, 4.69) is 26.2 Å². The van der Waals surface area contributed by atoms with E-state index in [0.717, 1.165) is 11.1 Å². The zero-order chi connectivity index (χ0) is 24.2. The third-order valence-electron chi connectivity index (χ3n) is 5.28. The second-order valence-electron chi connectivity index (χ2n) is 7.63. The number of anilines is 1. The second-order valence-corrected chi connectivity index (χ2v) is 8.47. The van der Waals surface area contributed by atoms with Gasteiger partial charge in [-0.15, -0.1) is 5.10 Å². The van der Waals surface area contributed by atoms with Crippen molar-refractivity contribution < 1.29 is 9.59 Å². The third-order valence-corrected chi connectivity index (χ3v) is 5.85. The lowest BCUT2D eigenvalue weighted by Gasteiger charge is -2.21. The van der Waals surface area contributed by atoms with Gasteiger partial charge in [-0.2, -0.15) is 0 Å². The Bertz CT molecular complexity index is 1320. The molecular formula is C24H20Cl2N6O2. The first kappa shape index (κ1) is 23.4. The van der Waals surface area contributed by atoms with E-state index in [4.69, 9.17) is 23.2 Å². The van der Waals surface area contributed by atoms with Gasteiger partial charge in [-0.1, -0.05) is 47.5 Å². The molecule has 0 saturated heterocycles. The molecule has 0 aliphatic rings. The van der Waals surface area contributed by atoms with Crippen molar-refractivity contribution in [3.8, 4) is 5.69 Å². The first-order valence-corrected chi connectivity index (χ1v) is 11.1. The lowest BCUT2D eigenvalue weighted by Crippen LogP contribution is -2.37. The van der Waals surface area contributed by atoms with E-state index in [9.17, 15) is 9.59 Å². The largest absolute Gasteiger partial charge is 0.336 e. The quantitative estimate of drug-likeness (QED) is 0.404. The fourth-order valence-electron chi connectivity index (χ4n) is 3.49. The predicted molar refractivity (Wildman–Crippen MR) is 130 cm³/mol. The van der Waals surface area contributed by atoms with E-state index < -0.39 is 17.9 Å². The second kappa shape index (κ2) is 10.0. The smallest absolute Gasteiger partial charge is 0.252 e.